The quantitative estimate of drug-likeness (QED) is 0.457. The molecule has 0 saturated heterocycles. The Hall–Kier alpha value is -3.74. The summed E-state index contributed by atoms with van der Waals surface area (Å²) >= 11 is 0. The molecule has 0 saturated carbocycles. The van der Waals surface area contributed by atoms with Gasteiger partial charge in [0.15, 0.2) is 11.5 Å². The number of carbonyl (C=O) groups excluding carboxylic acids is 2. The van der Waals surface area contributed by atoms with Crippen molar-refractivity contribution >= 4 is 22.7 Å². The molecule has 1 aliphatic rings. The molecule has 2 N–H and O–H groups in total. The number of amides is 2. The molecule has 1 aromatic carbocycles. The number of carbonyl (C=O) groups is 2. The summed E-state index contributed by atoms with van der Waals surface area (Å²) in [5.74, 6) is 0.838. The van der Waals surface area contributed by atoms with Crippen LogP contribution >= 0.6 is 0 Å². The van der Waals surface area contributed by atoms with E-state index in [0.717, 1.165) is 49.0 Å². The van der Waals surface area contributed by atoms with E-state index in [1.807, 2.05) is 49.7 Å². The largest absolute Gasteiger partial charge is 0.347 e. The zero-order valence-corrected chi connectivity index (χ0v) is 20.5. The number of aromatic nitrogens is 5. The Balaban J connectivity index is 1.48. The van der Waals surface area contributed by atoms with Crippen molar-refractivity contribution in [1.82, 2.24) is 35.2 Å². The Kier molecular flexibility index (Phi) is 7.15. The third kappa shape index (κ3) is 5.50. The highest BCUT2D eigenvalue weighted by Crippen LogP contribution is 2.23. The molecule has 2 aromatic heterocycles. The van der Waals surface area contributed by atoms with Gasteiger partial charge in [0.1, 0.15) is 11.9 Å². The second-order valence-corrected chi connectivity index (χ2v) is 9.97. The average molecular weight is 477 g/mol. The zero-order chi connectivity index (χ0) is 25.0. The van der Waals surface area contributed by atoms with Crippen LogP contribution in [-0.4, -0.2) is 42.4 Å². The first-order chi connectivity index (χ1) is 16.8. The Morgan fingerprint density at radius 3 is 2.74 bits per heavy atom. The average Bonchev–Trinajstić information content (AvgIpc) is 3.51. The number of fused-ring (bicyclic) bond motifs is 2. The molecule has 0 bridgehead atoms. The zero-order valence-electron chi connectivity index (χ0n) is 20.5. The lowest BCUT2D eigenvalue weighted by Crippen LogP contribution is -2.53. The summed E-state index contributed by atoms with van der Waals surface area (Å²) in [4.78, 5) is 31.0. The summed E-state index contributed by atoms with van der Waals surface area (Å²) < 4.78 is 3.68. The Bertz CT molecular complexity index is 1240. The molecular formula is C25H32N8O2. The number of hydrogen-bond acceptors (Lipinski definition) is 6. The molecule has 0 spiro atoms. The minimum atomic E-state index is -0.774. The molecule has 1 atom stereocenters. The van der Waals surface area contributed by atoms with Crippen LogP contribution in [0.25, 0.3) is 10.9 Å². The van der Waals surface area contributed by atoms with Gasteiger partial charge in [-0.2, -0.15) is 15.5 Å². The van der Waals surface area contributed by atoms with Gasteiger partial charge in [-0.05, 0) is 30.7 Å². The van der Waals surface area contributed by atoms with Gasteiger partial charge in [-0.1, -0.05) is 39.0 Å². The van der Waals surface area contributed by atoms with Gasteiger partial charge in [0.05, 0.1) is 18.1 Å². The van der Waals surface area contributed by atoms with Crippen LogP contribution in [0, 0.1) is 16.7 Å². The number of unbranched alkanes of at least 4 members (excludes halogenated alkanes) is 2. The third-order valence-electron chi connectivity index (χ3n) is 6.17. The van der Waals surface area contributed by atoms with Gasteiger partial charge in [0.2, 0.25) is 5.91 Å². The number of nitriles is 1. The Morgan fingerprint density at radius 2 is 2.00 bits per heavy atom. The van der Waals surface area contributed by atoms with E-state index in [2.05, 4.69) is 31.9 Å². The van der Waals surface area contributed by atoms with E-state index in [9.17, 15) is 9.59 Å². The standard InChI is InChI=1S/C25H32N8O2/c1-25(2,3)22(24(35)27-16-19-28-20-12-9-15-33(20)30-19)29-23(34)21-17-10-5-6-11-18(17)32(31-21)14-8-4-7-13-26/h5-6,10-11,22H,4,7-9,12,14-16H2,1-3H3,(H,27,35)(H,29,34)/t22-/m1/s1. The molecule has 10 heteroatoms. The molecule has 0 aliphatic carbocycles. The predicted octanol–water partition coefficient (Wildman–Crippen LogP) is 2.73. The van der Waals surface area contributed by atoms with Crippen LogP contribution < -0.4 is 10.6 Å². The second-order valence-electron chi connectivity index (χ2n) is 9.97. The smallest absolute Gasteiger partial charge is 0.273 e. The molecule has 0 unspecified atom stereocenters. The van der Waals surface area contributed by atoms with Crippen molar-refractivity contribution in [3.05, 3.63) is 41.6 Å². The molecule has 2 amide bonds. The maximum atomic E-state index is 13.3. The van der Waals surface area contributed by atoms with Crippen LogP contribution in [-0.2, 0) is 30.8 Å². The molecule has 0 radical (unpaired) electrons. The fourth-order valence-electron chi connectivity index (χ4n) is 4.33. The van der Waals surface area contributed by atoms with Crippen LogP contribution in [0.5, 0.6) is 0 Å². The van der Waals surface area contributed by atoms with Gasteiger partial charge in [-0.3, -0.25) is 14.3 Å². The molecule has 184 valence electrons. The number of rotatable bonds is 9. The first kappa shape index (κ1) is 24.4. The van der Waals surface area contributed by atoms with Gasteiger partial charge in [-0.25, -0.2) is 9.67 Å². The van der Waals surface area contributed by atoms with Crippen LogP contribution in [0.1, 0.15) is 68.6 Å². The van der Waals surface area contributed by atoms with Gasteiger partial charge >= 0.3 is 0 Å². The van der Waals surface area contributed by atoms with Crippen LogP contribution in [0.2, 0.25) is 0 Å². The molecule has 35 heavy (non-hydrogen) atoms. The summed E-state index contributed by atoms with van der Waals surface area (Å²) in [6.45, 7) is 7.41. The van der Waals surface area contributed by atoms with Gasteiger partial charge in [0, 0.05) is 31.3 Å². The van der Waals surface area contributed by atoms with Crippen molar-refractivity contribution in [3.63, 3.8) is 0 Å². The molecule has 1 aliphatic heterocycles. The Labute approximate surface area is 204 Å². The first-order valence-electron chi connectivity index (χ1n) is 12.1. The molecule has 0 fully saturated rings. The van der Waals surface area contributed by atoms with E-state index in [1.165, 1.54) is 0 Å². The van der Waals surface area contributed by atoms with Gasteiger partial charge in [0.25, 0.3) is 5.91 Å². The summed E-state index contributed by atoms with van der Waals surface area (Å²) in [7, 11) is 0. The number of hydrogen-bond donors (Lipinski definition) is 2. The summed E-state index contributed by atoms with van der Waals surface area (Å²) in [5.41, 5.74) is 0.610. The van der Waals surface area contributed by atoms with Crippen molar-refractivity contribution in [2.24, 2.45) is 5.41 Å². The van der Waals surface area contributed by atoms with E-state index in [-0.39, 0.29) is 18.1 Å². The van der Waals surface area contributed by atoms with E-state index in [4.69, 9.17) is 5.26 Å². The second kappa shape index (κ2) is 10.3. The van der Waals surface area contributed by atoms with E-state index >= 15 is 0 Å². The van der Waals surface area contributed by atoms with E-state index in [1.54, 1.807) is 4.68 Å². The van der Waals surface area contributed by atoms with Crippen molar-refractivity contribution in [1.29, 1.82) is 5.26 Å². The summed E-state index contributed by atoms with van der Waals surface area (Å²) in [6, 6.07) is 8.93. The fourth-order valence-corrected chi connectivity index (χ4v) is 4.33. The number of benzene rings is 1. The minimum absolute atomic E-state index is 0.210. The van der Waals surface area contributed by atoms with Crippen LogP contribution in [0.3, 0.4) is 0 Å². The van der Waals surface area contributed by atoms with Gasteiger partial charge in [-0.15, -0.1) is 0 Å². The minimum Gasteiger partial charge on any atom is -0.347 e. The fraction of sp³-hybridized carbons (Fsp3) is 0.520. The number of aryl methyl sites for hydroxylation is 3. The SMILES string of the molecule is CC(C)(C)[C@H](NC(=O)c1nn(CCCCC#N)c2ccccc12)C(=O)NCc1nc2n(n1)CCC2. The maximum Gasteiger partial charge on any atom is 0.273 e. The highest BCUT2D eigenvalue weighted by Gasteiger charge is 2.34. The van der Waals surface area contributed by atoms with Crippen molar-refractivity contribution in [2.45, 2.75) is 78.6 Å². The maximum absolute atomic E-state index is 13.3. The first-order valence-corrected chi connectivity index (χ1v) is 12.1. The lowest BCUT2D eigenvalue weighted by molar-refractivity contribution is -0.125. The summed E-state index contributed by atoms with van der Waals surface area (Å²) in [6.07, 6.45) is 4.00. The summed E-state index contributed by atoms with van der Waals surface area (Å²) in [5, 5.41) is 24.3. The molecule has 4 rings (SSSR count). The van der Waals surface area contributed by atoms with Crippen LogP contribution in [0.4, 0.5) is 0 Å². The predicted molar refractivity (Wildman–Crippen MR) is 130 cm³/mol. The highest BCUT2D eigenvalue weighted by atomic mass is 16.2. The van der Waals surface area contributed by atoms with Crippen molar-refractivity contribution in [2.75, 3.05) is 0 Å². The topological polar surface area (TPSA) is 131 Å². The van der Waals surface area contributed by atoms with E-state index in [0.29, 0.717) is 18.8 Å². The number of nitrogens with one attached hydrogen (secondary N) is 2. The van der Waals surface area contributed by atoms with Gasteiger partial charge < -0.3 is 10.6 Å². The normalized spacial score (nSPS) is 13.9. The van der Waals surface area contributed by atoms with E-state index < -0.39 is 17.4 Å². The highest BCUT2D eigenvalue weighted by molar-refractivity contribution is 6.06. The lowest BCUT2D eigenvalue weighted by Gasteiger charge is -2.30. The Morgan fingerprint density at radius 1 is 1.20 bits per heavy atom. The third-order valence-corrected chi connectivity index (χ3v) is 6.17. The molecule has 3 aromatic rings. The number of para-hydroxylation sites is 1. The van der Waals surface area contributed by atoms with Crippen molar-refractivity contribution in [3.8, 4) is 6.07 Å². The molecule has 3 heterocycles. The van der Waals surface area contributed by atoms with Crippen LogP contribution in [0.15, 0.2) is 24.3 Å². The lowest BCUT2D eigenvalue weighted by atomic mass is 9.86. The van der Waals surface area contributed by atoms with Crippen molar-refractivity contribution < 1.29 is 9.59 Å². The number of nitrogens with zero attached hydrogens (tertiary/aromatic N) is 6. The molecule has 10 nitrogen and oxygen atoms in total. The molecular weight excluding hydrogens is 444 g/mol. The monoisotopic (exact) mass is 476 g/mol.